The highest BCUT2D eigenvalue weighted by molar-refractivity contribution is 5.40. The number of hydrogen-bond donors (Lipinski definition) is 1. The van der Waals surface area contributed by atoms with Crippen LogP contribution in [0, 0.1) is 12.8 Å². The molecule has 1 atom stereocenters. The van der Waals surface area contributed by atoms with Crippen molar-refractivity contribution in [3.63, 3.8) is 0 Å². The zero-order valence-electron chi connectivity index (χ0n) is 11.7. The van der Waals surface area contributed by atoms with Crippen molar-refractivity contribution in [2.45, 2.75) is 46.1 Å². The maximum absolute atomic E-state index is 5.98. The van der Waals surface area contributed by atoms with Crippen molar-refractivity contribution in [3.05, 3.63) is 17.6 Å². The van der Waals surface area contributed by atoms with Crippen molar-refractivity contribution >= 4 is 5.82 Å². The van der Waals surface area contributed by atoms with Crippen molar-refractivity contribution < 1.29 is 0 Å². The third kappa shape index (κ3) is 2.99. The van der Waals surface area contributed by atoms with Gasteiger partial charge < -0.3 is 10.6 Å². The van der Waals surface area contributed by atoms with Gasteiger partial charge in [0, 0.05) is 30.9 Å². The number of piperidine rings is 1. The first-order chi connectivity index (χ1) is 8.60. The minimum absolute atomic E-state index is 0.311. The number of rotatable bonds is 3. The van der Waals surface area contributed by atoms with Crippen LogP contribution >= 0.6 is 0 Å². The SMILES string of the molecule is CCc1cc(N2CCC(C(C)N)CC2)nc(C)n1. The molecule has 0 amide bonds. The van der Waals surface area contributed by atoms with E-state index in [1.165, 1.54) is 12.8 Å². The van der Waals surface area contributed by atoms with Crippen LogP contribution in [0.2, 0.25) is 0 Å². The van der Waals surface area contributed by atoms with Gasteiger partial charge in [0.25, 0.3) is 0 Å². The van der Waals surface area contributed by atoms with Crippen LogP contribution in [-0.4, -0.2) is 29.1 Å². The molecule has 2 heterocycles. The van der Waals surface area contributed by atoms with E-state index in [4.69, 9.17) is 5.73 Å². The lowest BCUT2D eigenvalue weighted by Crippen LogP contribution is -2.40. The number of anilines is 1. The molecular weight excluding hydrogens is 224 g/mol. The van der Waals surface area contributed by atoms with E-state index in [1.54, 1.807) is 0 Å². The van der Waals surface area contributed by atoms with E-state index in [9.17, 15) is 0 Å². The fourth-order valence-electron chi connectivity index (χ4n) is 2.61. The molecule has 0 radical (unpaired) electrons. The fourth-order valence-corrected chi connectivity index (χ4v) is 2.61. The summed E-state index contributed by atoms with van der Waals surface area (Å²) in [6.07, 6.45) is 3.30. The summed E-state index contributed by atoms with van der Waals surface area (Å²) in [6.45, 7) is 8.34. The van der Waals surface area contributed by atoms with Crippen molar-refractivity contribution in [2.75, 3.05) is 18.0 Å². The van der Waals surface area contributed by atoms with Crippen LogP contribution in [0.15, 0.2) is 6.07 Å². The molecular formula is C14H24N4. The molecule has 2 rings (SSSR count). The van der Waals surface area contributed by atoms with Gasteiger partial charge in [-0.05, 0) is 39.0 Å². The minimum atomic E-state index is 0.311. The first-order valence-electron chi connectivity index (χ1n) is 6.95. The second kappa shape index (κ2) is 5.65. The third-order valence-electron chi connectivity index (χ3n) is 3.85. The molecule has 1 aromatic rings. The van der Waals surface area contributed by atoms with E-state index in [1.807, 2.05) is 6.92 Å². The van der Waals surface area contributed by atoms with Crippen LogP contribution in [0.25, 0.3) is 0 Å². The topological polar surface area (TPSA) is 55.0 Å². The van der Waals surface area contributed by atoms with Crippen molar-refractivity contribution in [2.24, 2.45) is 11.7 Å². The van der Waals surface area contributed by atoms with Gasteiger partial charge in [-0.25, -0.2) is 9.97 Å². The van der Waals surface area contributed by atoms with Gasteiger partial charge in [-0.15, -0.1) is 0 Å². The Labute approximate surface area is 110 Å². The van der Waals surface area contributed by atoms with Gasteiger partial charge >= 0.3 is 0 Å². The molecule has 4 heteroatoms. The summed E-state index contributed by atoms with van der Waals surface area (Å²) >= 11 is 0. The minimum Gasteiger partial charge on any atom is -0.356 e. The second-order valence-electron chi connectivity index (χ2n) is 5.30. The first kappa shape index (κ1) is 13.3. The average Bonchev–Trinajstić information content (AvgIpc) is 2.38. The molecule has 0 spiro atoms. The number of aryl methyl sites for hydroxylation is 2. The molecule has 0 aromatic carbocycles. The van der Waals surface area contributed by atoms with Crippen LogP contribution < -0.4 is 10.6 Å². The molecule has 18 heavy (non-hydrogen) atoms. The summed E-state index contributed by atoms with van der Waals surface area (Å²) in [5.74, 6) is 2.62. The molecule has 100 valence electrons. The highest BCUT2D eigenvalue weighted by Crippen LogP contribution is 2.23. The Morgan fingerprint density at radius 1 is 1.39 bits per heavy atom. The van der Waals surface area contributed by atoms with Gasteiger partial charge in [0.2, 0.25) is 0 Å². The van der Waals surface area contributed by atoms with Crippen LogP contribution in [0.5, 0.6) is 0 Å². The Bertz CT molecular complexity index is 395. The predicted molar refractivity (Wildman–Crippen MR) is 74.7 cm³/mol. The van der Waals surface area contributed by atoms with Gasteiger partial charge in [-0.2, -0.15) is 0 Å². The van der Waals surface area contributed by atoms with Crippen LogP contribution in [0.3, 0.4) is 0 Å². The van der Waals surface area contributed by atoms with E-state index in [-0.39, 0.29) is 0 Å². The molecule has 0 aliphatic carbocycles. The second-order valence-corrected chi connectivity index (χ2v) is 5.30. The Morgan fingerprint density at radius 3 is 2.61 bits per heavy atom. The van der Waals surface area contributed by atoms with E-state index >= 15 is 0 Å². The lowest BCUT2D eigenvalue weighted by atomic mass is 9.91. The number of nitrogens with zero attached hydrogens (tertiary/aromatic N) is 3. The molecule has 1 aromatic heterocycles. The van der Waals surface area contributed by atoms with Gasteiger partial charge in [0.1, 0.15) is 11.6 Å². The monoisotopic (exact) mass is 248 g/mol. The molecule has 1 fully saturated rings. The molecule has 1 unspecified atom stereocenters. The van der Waals surface area contributed by atoms with Crippen molar-refractivity contribution in [1.82, 2.24) is 9.97 Å². The molecule has 0 bridgehead atoms. The zero-order valence-corrected chi connectivity index (χ0v) is 11.7. The Hall–Kier alpha value is -1.16. The third-order valence-corrected chi connectivity index (χ3v) is 3.85. The summed E-state index contributed by atoms with van der Waals surface area (Å²) in [5.41, 5.74) is 7.11. The van der Waals surface area contributed by atoms with Gasteiger partial charge in [-0.1, -0.05) is 6.92 Å². The number of aromatic nitrogens is 2. The van der Waals surface area contributed by atoms with Crippen LogP contribution in [0.1, 0.15) is 38.2 Å². The van der Waals surface area contributed by atoms with E-state index in [0.717, 1.165) is 36.8 Å². The smallest absolute Gasteiger partial charge is 0.132 e. The summed E-state index contributed by atoms with van der Waals surface area (Å²) in [4.78, 5) is 11.4. The highest BCUT2D eigenvalue weighted by Gasteiger charge is 2.22. The zero-order chi connectivity index (χ0) is 13.1. The van der Waals surface area contributed by atoms with Crippen LogP contribution in [0.4, 0.5) is 5.82 Å². The summed E-state index contributed by atoms with van der Waals surface area (Å²) < 4.78 is 0. The first-order valence-corrected chi connectivity index (χ1v) is 6.95. The Balaban J connectivity index is 2.07. The average molecular weight is 248 g/mol. The van der Waals surface area contributed by atoms with Crippen molar-refractivity contribution in [3.8, 4) is 0 Å². The molecule has 0 saturated carbocycles. The molecule has 1 aliphatic heterocycles. The van der Waals surface area contributed by atoms with Gasteiger partial charge in [-0.3, -0.25) is 0 Å². The van der Waals surface area contributed by atoms with E-state index in [0.29, 0.717) is 12.0 Å². The standard InChI is InChI=1S/C14H24N4/c1-4-13-9-14(17-11(3)16-13)18-7-5-12(6-8-18)10(2)15/h9-10,12H,4-8,15H2,1-3H3. The fraction of sp³-hybridized carbons (Fsp3) is 0.714. The quantitative estimate of drug-likeness (QED) is 0.888. The molecule has 4 nitrogen and oxygen atoms in total. The van der Waals surface area contributed by atoms with E-state index < -0.39 is 0 Å². The predicted octanol–water partition coefficient (Wildman–Crippen LogP) is 1.91. The summed E-state index contributed by atoms with van der Waals surface area (Å²) in [7, 11) is 0. The number of hydrogen-bond acceptors (Lipinski definition) is 4. The van der Waals surface area contributed by atoms with E-state index in [2.05, 4.69) is 34.8 Å². The molecule has 2 N–H and O–H groups in total. The normalized spacial score (nSPS) is 19.0. The van der Waals surface area contributed by atoms with Crippen LogP contribution in [-0.2, 0) is 6.42 Å². The Kier molecular flexibility index (Phi) is 4.17. The van der Waals surface area contributed by atoms with Gasteiger partial charge in [0.05, 0.1) is 0 Å². The highest BCUT2D eigenvalue weighted by atomic mass is 15.2. The molecule has 1 saturated heterocycles. The Morgan fingerprint density at radius 2 is 2.06 bits per heavy atom. The van der Waals surface area contributed by atoms with Gasteiger partial charge in [0.15, 0.2) is 0 Å². The lowest BCUT2D eigenvalue weighted by Gasteiger charge is -2.34. The maximum atomic E-state index is 5.98. The maximum Gasteiger partial charge on any atom is 0.132 e. The summed E-state index contributed by atoms with van der Waals surface area (Å²) in [5, 5.41) is 0. The number of nitrogens with two attached hydrogens (primary N) is 1. The molecule has 1 aliphatic rings. The lowest BCUT2D eigenvalue weighted by molar-refractivity contribution is 0.353. The van der Waals surface area contributed by atoms with Crippen molar-refractivity contribution in [1.29, 1.82) is 0 Å². The largest absolute Gasteiger partial charge is 0.356 e. The summed E-state index contributed by atoms with van der Waals surface area (Å²) in [6, 6.07) is 2.43.